The number of hydrogen-bond acceptors (Lipinski definition) is 7. The number of aromatic nitrogens is 5. The number of alkyl halides is 2. The lowest BCUT2D eigenvalue weighted by Gasteiger charge is -2.17. The van der Waals surface area contributed by atoms with Gasteiger partial charge in [-0.3, -0.25) is 4.57 Å². The molecule has 4 heterocycles. The van der Waals surface area contributed by atoms with Crippen LogP contribution in [-0.2, 0) is 6.54 Å². The van der Waals surface area contributed by atoms with Gasteiger partial charge in [0.1, 0.15) is 10.8 Å². The molecular weight excluding hydrogens is 410 g/mol. The lowest BCUT2D eigenvalue weighted by Crippen LogP contribution is -2.22. The first-order valence-electron chi connectivity index (χ1n) is 9.62. The Morgan fingerprint density at radius 1 is 1.03 bits per heavy atom. The van der Waals surface area contributed by atoms with Gasteiger partial charge in [-0.1, -0.05) is 18.2 Å². The third kappa shape index (κ3) is 3.62. The highest BCUT2D eigenvalue weighted by molar-refractivity contribution is 7.99. The Morgan fingerprint density at radius 3 is 2.63 bits per heavy atom. The number of halogens is 2. The summed E-state index contributed by atoms with van der Waals surface area (Å²) >= 11 is 1.21. The Hall–Kier alpha value is -3.01. The molecule has 3 aromatic heterocycles. The molecule has 1 fully saturated rings. The second kappa shape index (κ2) is 8.02. The first kappa shape index (κ1) is 19.0. The van der Waals surface area contributed by atoms with E-state index in [9.17, 15) is 8.78 Å². The molecular formula is C20H18F2N6OS. The van der Waals surface area contributed by atoms with Gasteiger partial charge < -0.3 is 9.32 Å². The molecule has 0 aliphatic carbocycles. The van der Waals surface area contributed by atoms with Crippen LogP contribution in [0.15, 0.2) is 57.3 Å². The maximum Gasteiger partial charge on any atom is 0.297 e. The zero-order valence-electron chi connectivity index (χ0n) is 15.9. The van der Waals surface area contributed by atoms with Crippen molar-refractivity contribution in [3.63, 3.8) is 0 Å². The van der Waals surface area contributed by atoms with E-state index >= 15 is 0 Å². The third-order valence-corrected chi connectivity index (χ3v) is 5.94. The van der Waals surface area contributed by atoms with E-state index < -0.39 is 12.2 Å². The minimum absolute atomic E-state index is 0.428. The fourth-order valence-electron chi connectivity index (χ4n) is 3.53. The molecule has 154 valence electrons. The maximum atomic E-state index is 13.4. The largest absolute Gasteiger partial charge is 0.467 e. The van der Waals surface area contributed by atoms with Gasteiger partial charge in [0.15, 0.2) is 11.0 Å². The molecule has 0 saturated carbocycles. The van der Waals surface area contributed by atoms with E-state index in [1.807, 2.05) is 28.8 Å². The second-order valence-electron chi connectivity index (χ2n) is 6.95. The van der Waals surface area contributed by atoms with E-state index in [1.54, 1.807) is 18.4 Å². The average Bonchev–Trinajstić information content (AvgIpc) is 3.51. The molecule has 0 N–H and O–H groups in total. The number of fused-ring (bicyclic) bond motifs is 1. The van der Waals surface area contributed by atoms with Crippen LogP contribution in [0.5, 0.6) is 0 Å². The van der Waals surface area contributed by atoms with Crippen molar-refractivity contribution >= 4 is 28.6 Å². The van der Waals surface area contributed by atoms with Crippen molar-refractivity contribution in [1.82, 2.24) is 24.7 Å². The lowest BCUT2D eigenvalue weighted by atomic mass is 10.2. The number of hydrogen-bond donors (Lipinski definition) is 0. The van der Waals surface area contributed by atoms with E-state index in [0.29, 0.717) is 27.6 Å². The monoisotopic (exact) mass is 428 g/mol. The second-order valence-corrected chi connectivity index (χ2v) is 7.91. The van der Waals surface area contributed by atoms with E-state index in [1.165, 1.54) is 11.8 Å². The van der Waals surface area contributed by atoms with Crippen molar-refractivity contribution in [2.75, 3.05) is 18.0 Å². The summed E-state index contributed by atoms with van der Waals surface area (Å²) in [4.78, 5) is 10.3. The lowest BCUT2D eigenvalue weighted by molar-refractivity contribution is 0.140. The van der Waals surface area contributed by atoms with Crippen LogP contribution in [0.2, 0.25) is 0 Å². The van der Waals surface area contributed by atoms with Gasteiger partial charge >= 0.3 is 0 Å². The molecule has 1 aliphatic heterocycles. The van der Waals surface area contributed by atoms with Crippen molar-refractivity contribution in [1.29, 1.82) is 0 Å². The molecule has 30 heavy (non-hydrogen) atoms. The SMILES string of the molecule is FC(F)c1nc(Sc2nnc(N3CCCC3)n2Cc2ccco2)c2ccccc2n1. The Kier molecular flexibility index (Phi) is 5.07. The quantitative estimate of drug-likeness (QED) is 0.417. The number of benzene rings is 1. The highest BCUT2D eigenvalue weighted by Gasteiger charge is 2.24. The van der Waals surface area contributed by atoms with Crippen molar-refractivity contribution in [3.05, 3.63) is 54.2 Å². The Bertz CT molecular complexity index is 1160. The summed E-state index contributed by atoms with van der Waals surface area (Å²) in [5.41, 5.74) is 0.474. The number of furan rings is 1. The van der Waals surface area contributed by atoms with Gasteiger partial charge in [-0.2, -0.15) is 0 Å². The zero-order chi connectivity index (χ0) is 20.5. The minimum atomic E-state index is -2.75. The van der Waals surface area contributed by atoms with Crippen LogP contribution in [-0.4, -0.2) is 37.8 Å². The van der Waals surface area contributed by atoms with Crippen LogP contribution < -0.4 is 4.90 Å². The normalized spacial score (nSPS) is 14.3. The number of rotatable bonds is 6. The summed E-state index contributed by atoms with van der Waals surface area (Å²) in [6.07, 6.45) is 1.07. The van der Waals surface area contributed by atoms with E-state index in [0.717, 1.165) is 37.6 Å². The zero-order valence-corrected chi connectivity index (χ0v) is 16.7. The van der Waals surface area contributed by atoms with Gasteiger partial charge in [-0.25, -0.2) is 18.7 Å². The molecule has 4 aromatic rings. The van der Waals surface area contributed by atoms with Gasteiger partial charge in [-0.05, 0) is 42.8 Å². The van der Waals surface area contributed by atoms with Crippen LogP contribution in [0.25, 0.3) is 10.9 Å². The molecule has 10 heteroatoms. The highest BCUT2D eigenvalue weighted by Crippen LogP contribution is 2.34. The summed E-state index contributed by atoms with van der Waals surface area (Å²) in [5, 5.41) is 10.5. The highest BCUT2D eigenvalue weighted by atomic mass is 32.2. The van der Waals surface area contributed by atoms with Crippen LogP contribution >= 0.6 is 11.8 Å². The first-order valence-corrected chi connectivity index (χ1v) is 10.4. The van der Waals surface area contributed by atoms with Crippen LogP contribution in [0.4, 0.5) is 14.7 Å². The predicted octanol–water partition coefficient (Wildman–Crippen LogP) is 4.55. The molecule has 0 amide bonds. The predicted molar refractivity (Wildman–Crippen MR) is 108 cm³/mol. The van der Waals surface area contributed by atoms with Gasteiger partial charge in [-0.15, -0.1) is 10.2 Å². The molecule has 7 nitrogen and oxygen atoms in total. The van der Waals surface area contributed by atoms with Gasteiger partial charge in [0.25, 0.3) is 6.43 Å². The topological polar surface area (TPSA) is 72.9 Å². The van der Waals surface area contributed by atoms with Gasteiger partial charge in [0.05, 0.1) is 18.3 Å². The standard InChI is InChI=1S/C20H18F2N6OS/c21-16(22)17-23-15-8-2-1-7-14(15)18(24-17)30-20-26-25-19(27-9-3-4-10-27)28(20)12-13-6-5-11-29-13/h1-2,5-8,11,16H,3-4,9-10,12H2. The minimum Gasteiger partial charge on any atom is -0.467 e. The van der Waals surface area contributed by atoms with Crippen molar-refractivity contribution in [2.24, 2.45) is 0 Å². The fraction of sp³-hybridized carbons (Fsp3) is 0.300. The average molecular weight is 428 g/mol. The summed E-state index contributed by atoms with van der Waals surface area (Å²) < 4.78 is 34.2. The van der Waals surface area contributed by atoms with E-state index in [2.05, 4.69) is 25.1 Å². The summed E-state index contributed by atoms with van der Waals surface area (Å²) in [6.45, 7) is 2.26. The first-order chi connectivity index (χ1) is 14.7. The summed E-state index contributed by atoms with van der Waals surface area (Å²) in [5.74, 6) is 1.02. The number of para-hydroxylation sites is 1. The molecule has 0 bridgehead atoms. The van der Waals surface area contributed by atoms with Gasteiger partial charge in [0.2, 0.25) is 5.95 Å². The molecule has 0 atom stereocenters. The Balaban J connectivity index is 1.58. The van der Waals surface area contributed by atoms with E-state index in [-0.39, 0.29) is 0 Å². The maximum absolute atomic E-state index is 13.4. The number of anilines is 1. The van der Waals surface area contributed by atoms with Crippen molar-refractivity contribution in [2.45, 2.75) is 36.0 Å². The molecule has 1 saturated heterocycles. The molecule has 0 radical (unpaired) electrons. The third-order valence-electron chi connectivity index (χ3n) is 4.95. The molecule has 1 aliphatic rings. The molecule has 0 unspecified atom stereocenters. The van der Waals surface area contributed by atoms with Crippen molar-refractivity contribution < 1.29 is 13.2 Å². The molecule has 1 aromatic carbocycles. The molecule has 5 rings (SSSR count). The van der Waals surface area contributed by atoms with Crippen LogP contribution in [0, 0.1) is 0 Å². The van der Waals surface area contributed by atoms with Gasteiger partial charge in [0, 0.05) is 18.5 Å². The van der Waals surface area contributed by atoms with Crippen molar-refractivity contribution in [3.8, 4) is 0 Å². The summed E-state index contributed by atoms with van der Waals surface area (Å²) in [6, 6.07) is 10.8. The Morgan fingerprint density at radius 2 is 1.87 bits per heavy atom. The molecule has 0 spiro atoms. The number of nitrogens with zero attached hydrogens (tertiary/aromatic N) is 6. The Labute approximate surface area is 175 Å². The summed E-state index contributed by atoms with van der Waals surface area (Å²) in [7, 11) is 0. The van der Waals surface area contributed by atoms with E-state index in [4.69, 9.17) is 4.42 Å². The smallest absolute Gasteiger partial charge is 0.297 e. The van der Waals surface area contributed by atoms with Crippen LogP contribution in [0.1, 0.15) is 30.9 Å². The fourth-order valence-corrected chi connectivity index (χ4v) is 4.46. The van der Waals surface area contributed by atoms with Crippen LogP contribution in [0.3, 0.4) is 0 Å².